The van der Waals surface area contributed by atoms with Crippen LogP contribution in [0.5, 0.6) is 0 Å². The predicted molar refractivity (Wildman–Crippen MR) is 96.7 cm³/mol. The Morgan fingerprint density at radius 2 is 1.84 bits per heavy atom. The van der Waals surface area contributed by atoms with Gasteiger partial charge in [0, 0.05) is 31.7 Å². The molecule has 6 nitrogen and oxygen atoms in total. The Morgan fingerprint density at radius 1 is 1.12 bits per heavy atom. The number of amides is 1. The smallest absolute Gasteiger partial charge is 0.253 e. The lowest BCUT2D eigenvalue weighted by Crippen LogP contribution is -2.32. The van der Waals surface area contributed by atoms with Gasteiger partial charge in [0.15, 0.2) is 0 Å². The van der Waals surface area contributed by atoms with E-state index in [0.717, 1.165) is 32.1 Å². The molecule has 7 heteroatoms. The molecule has 0 radical (unpaired) electrons. The van der Waals surface area contributed by atoms with Crippen LogP contribution in [0, 0.1) is 5.92 Å². The third-order valence-corrected chi connectivity index (χ3v) is 7.08. The molecule has 0 saturated carbocycles. The molecule has 0 spiro atoms. The molecule has 2 heterocycles. The Kier molecular flexibility index (Phi) is 5.76. The standard InChI is InChI=1S/C18H27N3O3S/c19-13-15-8-11-20(14-15)18(22)16-6-5-7-17(12-16)25(23,24)21-9-3-1-2-4-10-21/h5-7,12,15H,1-4,8-11,13-14,19H2. The number of likely N-dealkylation sites (tertiary alicyclic amines) is 1. The summed E-state index contributed by atoms with van der Waals surface area (Å²) < 4.78 is 27.4. The maximum Gasteiger partial charge on any atom is 0.253 e. The second-order valence-corrected chi connectivity index (χ2v) is 8.93. The van der Waals surface area contributed by atoms with Crippen LogP contribution in [0.15, 0.2) is 29.2 Å². The van der Waals surface area contributed by atoms with E-state index in [9.17, 15) is 13.2 Å². The van der Waals surface area contributed by atoms with Crippen molar-refractivity contribution in [1.82, 2.24) is 9.21 Å². The fourth-order valence-corrected chi connectivity index (χ4v) is 5.18. The summed E-state index contributed by atoms with van der Waals surface area (Å²) in [6, 6.07) is 6.47. The molecule has 1 aromatic rings. The van der Waals surface area contributed by atoms with Crippen molar-refractivity contribution in [2.75, 3.05) is 32.7 Å². The van der Waals surface area contributed by atoms with Gasteiger partial charge < -0.3 is 10.6 Å². The monoisotopic (exact) mass is 365 g/mol. The third-order valence-electron chi connectivity index (χ3n) is 5.19. The summed E-state index contributed by atoms with van der Waals surface area (Å²) in [4.78, 5) is 14.7. The van der Waals surface area contributed by atoms with Crippen LogP contribution in [-0.4, -0.2) is 56.3 Å². The van der Waals surface area contributed by atoms with Crippen LogP contribution in [0.25, 0.3) is 0 Å². The molecule has 138 valence electrons. The Labute approximate surface area is 150 Å². The molecule has 3 rings (SSSR count). The number of hydrogen-bond donors (Lipinski definition) is 1. The van der Waals surface area contributed by atoms with Gasteiger partial charge in [0.25, 0.3) is 5.91 Å². The van der Waals surface area contributed by atoms with Gasteiger partial charge >= 0.3 is 0 Å². The minimum absolute atomic E-state index is 0.108. The van der Waals surface area contributed by atoms with Gasteiger partial charge in [-0.3, -0.25) is 4.79 Å². The molecule has 2 aliphatic rings. The summed E-state index contributed by atoms with van der Waals surface area (Å²) in [5.74, 6) is 0.233. The van der Waals surface area contributed by atoms with Gasteiger partial charge in [-0.15, -0.1) is 0 Å². The number of rotatable bonds is 4. The van der Waals surface area contributed by atoms with Crippen LogP contribution < -0.4 is 5.73 Å². The lowest BCUT2D eigenvalue weighted by molar-refractivity contribution is 0.0787. The molecule has 0 bridgehead atoms. The Balaban J connectivity index is 1.80. The van der Waals surface area contributed by atoms with Crippen molar-refractivity contribution in [1.29, 1.82) is 0 Å². The first kappa shape index (κ1) is 18.4. The highest BCUT2D eigenvalue weighted by Gasteiger charge is 2.28. The van der Waals surface area contributed by atoms with Crippen molar-refractivity contribution in [2.45, 2.75) is 37.0 Å². The van der Waals surface area contributed by atoms with Crippen LogP contribution in [0.2, 0.25) is 0 Å². The van der Waals surface area contributed by atoms with Crippen molar-refractivity contribution in [3.8, 4) is 0 Å². The summed E-state index contributed by atoms with van der Waals surface area (Å²) in [6.07, 6.45) is 4.84. The Bertz CT molecular complexity index is 712. The van der Waals surface area contributed by atoms with Gasteiger partial charge in [-0.2, -0.15) is 4.31 Å². The molecule has 1 aromatic carbocycles. The molecule has 2 aliphatic heterocycles. The van der Waals surface area contributed by atoms with E-state index >= 15 is 0 Å². The zero-order valence-electron chi connectivity index (χ0n) is 14.6. The van der Waals surface area contributed by atoms with E-state index in [1.807, 2.05) is 0 Å². The van der Waals surface area contributed by atoms with Gasteiger partial charge in [-0.05, 0) is 49.9 Å². The SMILES string of the molecule is NCC1CCN(C(=O)c2cccc(S(=O)(=O)N3CCCCCC3)c2)C1. The van der Waals surface area contributed by atoms with E-state index in [1.165, 1.54) is 6.07 Å². The summed E-state index contributed by atoms with van der Waals surface area (Å²) in [7, 11) is -3.54. The molecule has 2 N–H and O–H groups in total. The molecule has 0 aromatic heterocycles. The molecular formula is C18H27N3O3S. The van der Waals surface area contributed by atoms with Gasteiger partial charge in [0.05, 0.1) is 4.90 Å². The number of sulfonamides is 1. The summed E-state index contributed by atoms with van der Waals surface area (Å²) in [5, 5.41) is 0. The minimum atomic E-state index is -3.54. The lowest BCUT2D eigenvalue weighted by Gasteiger charge is -2.21. The van der Waals surface area contributed by atoms with Crippen molar-refractivity contribution < 1.29 is 13.2 Å². The van der Waals surface area contributed by atoms with E-state index < -0.39 is 10.0 Å². The van der Waals surface area contributed by atoms with E-state index in [4.69, 9.17) is 5.73 Å². The average Bonchev–Trinajstić information content (AvgIpc) is 2.94. The first-order valence-corrected chi connectivity index (χ1v) is 10.6. The third kappa shape index (κ3) is 4.04. The molecule has 25 heavy (non-hydrogen) atoms. The van der Waals surface area contributed by atoms with Crippen LogP contribution >= 0.6 is 0 Å². The van der Waals surface area contributed by atoms with E-state index in [1.54, 1.807) is 27.4 Å². The summed E-state index contributed by atoms with van der Waals surface area (Å²) in [5.41, 5.74) is 6.13. The van der Waals surface area contributed by atoms with Crippen molar-refractivity contribution in [3.05, 3.63) is 29.8 Å². The lowest BCUT2D eigenvalue weighted by atomic mass is 10.1. The number of benzene rings is 1. The first-order chi connectivity index (χ1) is 12.0. The number of carbonyl (C=O) groups excluding carboxylic acids is 1. The summed E-state index contributed by atoms with van der Waals surface area (Å²) in [6.45, 7) is 3.03. The van der Waals surface area contributed by atoms with Gasteiger partial charge in [-0.1, -0.05) is 18.9 Å². The maximum atomic E-state index is 12.9. The average molecular weight is 365 g/mol. The molecule has 2 fully saturated rings. The van der Waals surface area contributed by atoms with Crippen LogP contribution in [0.1, 0.15) is 42.5 Å². The van der Waals surface area contributed by atoms with E-state index in [0.29, 0.717) is 44.2 Å². The number of nitrogens with zero attached hydrogens (tertiary/aromatic N) is 2. The molecule has 2 saturated heterocycles. The van der Waals surface area contributed by atoms with Crippen molar-refractivity contribution in [3.63, 3.8) is 0 Å². The predicted octanol–water partition coefficient (Wildman–Crippen LogP) is 1.67. The Morgan fingerprint density at radius 3 is 2.48 bits per heavy atom. The highest BCUT2D eigenvalue weighted by Crippen LogP contribution is 2.23. The van der Waals surface area contributed by atoms with Gasteiger partial charge in [0.2, 0.25) is 10.0 Å². The fourth-order valence-electron chi connectivity index (χ4n) is 3.61. The number of carbonyl (C=O) groups is 1. The van der Waals surface area contributed by atoms with Crippen molar-refractivity contribution in [2.24, 2.45) is 11.7 Å². The van der Waals surface area contributed by atoms with Gasteiger partial charge in [-0.25, -0.2) is 8.42 Å². The zero-order chi connectivity index (χ0) is 17.9. The molecule has 1 atom stereocenters. The van der Waals surface area contributed by atoms with Gasteiger partial charge in [0.1, 0.15) is 0 Å². The molecule has 1 amide bonds. The summed E-state index contributed by atoms with van der Waals surface area (Å²) >= 11 is 0. The van der Waals surface area contributed by atoms with E-state index in [-0.39, 0.29) is 10.8 Å². The van der Waals surface area contributed by atoms with Crippen molar-refractivity contribution >= 4 is 15.9 Å². The highest BCUT2D eigenvalue weighted by molar-refractivity contribution is 7.89. The maximum absolute atomic E-state index is 12.9. The quantitative estimate of drug-likeness (QED) is 0.880. The Hall–Kier alpha value is -1.44. The molecule has 1 unspecified atom stereocenters. The minimum Gasteiger partial charge on any atom is -0.338 e. The zero-order valence-corrected chi connectivity index (χ0v) is 15.4. The van der Waals surface area contributed by atoms with Crippen LogP contribution in [0.3, 0.4) is 0 Å². The highest BCUT2D eigenvalue weighted by atomic mass is 32.2. The normalized spacial score (nSPS) is 22.8. The molecular weight excluding hydrogens is 338 g/mol. The number of nitrogens with two attached hydrogens (primary N) is 1. The van der Waals surface area contributed by atoms with E-state index in [2.05, 4.69) is 0 Å². The second kappa shape index (κ2) is 7.85. The largest absolute Gasteiger partial charge is 0.338 e. The van der Waals surface area contributed by atoms with Crippen LogP contribution in [0.4, 0.5) is 0 Å². The fraction of sp³-hybridized carbons (Fsp3) is 0.611. The number of hydrogen-bond acceptors (Lipinski definition) is 4. The van der Waals surface area contributed by atoms with Crippen LogP contribution in [-0.2, 0) is 10.0 Å². The second-order valence-electron chi connectivity index (χ2n) is 6.99. The first-order valence-electron chi connectivity index (χ1n) is 9.12. The topological polar surface area (TPSA) is 83.7 Å². The molecule has 0 aliphatic carbocycles.